The van der Waals surface area contributed by atoms with Gasteiger partial charge < -0.3 is 10.6 Å². The zero-order valence-electron chi connectivity index (χ0n) is 14.1. The molecule has 0 bridgehead atoms. The third-order valence-corrected chi connectivity index (χ3v) is 4.57. The molecule has 2 N–H and O–H groups in total. The second-order valence-corrected chi connectivity index (χ2v) is 7.04. The Labute approximate surface area is 133 Å². The topological polar surface area (TPSA) is 49.3 Å². The number of nitrogens with zero attached hydrogens (tertiary/aromatic N) is 2. The lowest BCUT2D eigenvalue weighted by Crippen LogP contribution is -2.43. The predicted octanol–water partition coefficient (Wildman–Crippen LogP) is 3.24. The van der Waals surface area contributed by atoms with Gasteiger partial charge in [0.05, 0.1) is 5.01 Å². The fraction of sp³-hybridized carbons (Fsp3) is 0.750. The van der Waals surface area contributed by atoms with Crippen molar-refractivity contribution in [2.24, 2.45) is 10.9 Å². The van der Waals surface area contributed by atoms with Crippen LogP contribution in [0.25, 0.3) is 0 Å². The molecule has 0 spiro atoms. The number of hydrogen-bond donors (Lipinski definition) is 2. The molecule has 0 saturated carbocycles. The van der Waals surface area contributed by atoms with E-state index in [0.717, 1.165) is 31.3 Å². The molecular weight excluding hydrogens is 280 g/mol. The smallest absolute Gasteiger partial charge is 0.191 e. The van der Waals surface area contributed by atoms with Gasteiger partial charge in [0.15, 0.2) is 5.96 Å². The van der Waals surface area contributed by atoms with E-state index in [1.54, 1.807) is 11.3 Å². The molecule has 1 unspecified atom stereocenters. The Morgan fingerprint density at radius 2 is 2.10 bits per heavy atom. The highest BCUT2D eigenvalue weighted by Gasteiger charge is 2.06. The number of aliphatic imine (C=N–C) groups is 1. The molecule has 0 aromatic carbocycles. The lowest BCUT2D eigenvalue weighted by molar-refractivity contribution is 0.489. The Hall–Kier alpha value is -1.10. The van der Waals surface area contributed by atoms with Crippen molar-refractivity contribution >= 4 is 17.3 Å². The van der Waals surface area contributed by atoms with Crippen molar-refractivity contribution in [3.8, 4) is 0 Å². The van der Waals surface area contributed by atoms with Gasteiger partial charge >= 0.3 is 0 Å². The van der Waals surface area contributed by atoms with E-state index >= 15 is 0 Å². The average molecular weight is 311 g/mol. The van der Waals surface area contributed by atoms with Gasteiger partial charge in [-0.3, -0.25) is 4.99 Å². The van der Waals surface area contributed by atoms with Crippen molar-refractivity contribution in [3.05, 3.63) is 16.1 Å². The number of thiazole rings is 1. The van der Waals surface area contributed by atoms with Crippen LogP contribution >= 0.6 is 11.3 Å². The minimum atomic E-state index is 0.449. The minimum Gasteiger partial charge on any atom is -0.356 e. The van der Waals surface area contributed by atoms with Crippen molar-refractivity contribution in [1.82, 2.24) is 15.6 Å². The van der Waals surface area contributed by atoms with Gasteiger partial charge in [-0.05, 0) is 32.1 Å². The van der Waals surface area contributed by atoms with Gasteiger partial charge in [0, 0.05) is 37.1 Å². The summed E-state index contributed by atoms with van der Waals surface area (Å²) in [6.45, 7) is 9.77. The maximum atomic E-state index is 4.44. The average Bonchev–Trinajstić information content (AvgIpc) is 2.92. The van der Waals surface area contributed by atoms with Gasteiger partial charge in [0.2, 0.25) is 0 Å². The van der Waals surface area contributed by atoms with Crippen LogP contribution in [0.1, 0.15) is 50.4 Å². The molecule has 0 radical (unpaired) electrons. The van der Waals surface area contributed by atoms with Crippen LogP contribution in [0.15, 0.2) is 11.2 Å². The summed E-state index contributed by atoms with van der Waals surface area (Å²) >= 11 is 1.81. The van der Waals surface area contributed by atoms with Crippen molar-refractivity contribution < 1.29 is 0 Å². The molecule has 1 aromatic heterocycles. The SMILES string of the molecule is CCc1cnc(CCNC(=NC)NC(C)CCC(C)C)s1. The Morgan fingerprint density at radius 1 is 1.33 bits per heavy atom. The number of guanidine groups is 1. The van der Waals surface area contributed by atoms with Crippen molar-refractivity contribution in [2.45, 2.75) is 59.4 Å². The third-order valence-electron chi connectivity index (χ3n) is 3.36. The van der Waals surface area contributed by atoms with Crippen LogP contribution in [0.4, 0.5) is 0 Å². The summed E-state index contributed by atoms with van der Waals surface area (Å²) in [6, 6.07) is 0.449. The van der Waals surface area contributed by atoms with E-state index in [1.807, 2.05) is 13.2 Å². The van der Waals surface area contributed by atoms with Gasteiger partial charge in [-0.2, -0.15) is 0 Å². The molecule has 0 amide bonds. The molecule has 5 heteroatoms. The molecule has 21 heavy (non-hydrogen) atoms. The van der Waals surface area contributed by atoms with Crippen molar-refractivity contribution in [2.75, 3.05) is 13.6 Å². The molecule has 1 rings (SSSR count). The molecule has 4 nitrogen and oxygen atoms in total. The largest absolute Gasteiger partial charge is 0.356 e. The van der Waals surface area contributed by atoms with E-state index in [4.69, 9.17) is 0 Å². The van der Waals surface area contributed by atoms with E-state index in [9.17, 15) is 0 Å². The molecule has 0 aliphatic rings. The summed E-state index contributed by atoms with van der Waals surface area (Å²) in [5.74, 6) is 1.64. The van der Waals surface area contributed by atoms with Gasteiger partial charge in [0.25, 0.3) is 0 Å². The summed E-state index contributed by atoms with van der Waals surface area (Å²) in [6.07, 6.45) is 6.42. The van der Waals surface area contributed by atoms with Crippen LogP contribution in [-0.2, 0) is 12.8 Å². The van der Waals surface area contributed by atoms with Gasteiger partial charge in [-0.15, -0.1) is 11.3 Å². The first-order valence-corrected chi connectivity index (χ1v) is 8.77. The highest BCUT2D eigenvalue weighted by molar-refractivity contribution is 7.11. The number of rotatable bonds is 8. The van der Waals surface area contributed by atoms with Crippen LogP contribution in [0.5, 0.6) is 0 Å². The van der Waals surface area contributed by atoms with E-state index in [0.29, 0.717) is 6.04 Å². The Morgan fingerprint density at radius 3 is 2.67 bits per heavy atom. The molecule has 1 aromatic rings. The monoisotopic (exact) mass is 310 g/mol. The van der Waals surface area contributed by atoms with Gasteiger partial charge in [-0.1, -0.05) is 20.8 Å². The fourth-order valence-electron chi connectivity index (χ4n) is 2.00. The standard InChI is InChI=1S/C16H30N4S/c1-6-14-11-19-15(21-14)9-10-18-16(17-5)20-13(4)8-7-12(2)3/h11-13H,6-10H2,1-5H3,(H2,17,18,20). The Bertz CT molecular complexity index is 426. The number of hydrogen-bond acceptors (Lipinski definition) is 3. The first-order valence-electron chi connectivity index (χ1n) is 7.95. The van der Waals surface area contributed by atoms with Crippen LogP contribution in [0, 0.1) is 5.92 Å². The number of aryl methyl sites for hydroxylation is 1. The Kier molecular flexibility index (Phi) is 8.35. The van der Waals surface area contributed by atoms with Crippen LogP contribution < -0.4 is 10.6 Å². The van der Waals surface area contributed by atoms with Crippen molar-refractivity contribution in [3.63, 3.8) is 0 Å². The zero-order valence-corrected chi connectivity index (χ0v) is 14.9. The molecule has 0 aliphatic carbocycles. The normalized spacial score (nSPS) is 13.5. The zero-order chi connectivity index (χ0) is 15.7. The van der Waals surface area contributed by atoms with Crippen molar-refractivity contribution in [1.29, 1.82) is 0 Å². The third kappa shape index (κ3) is 7.46. The first-order chi connectivity index (χ1) is 10.0. The maximum absolute atomic E-state index is 4.44. The maximum Gasteiger partial charge on any atom is 0.191 e. The fourth-order valence-corrected chi connectivity index (χ4v) is 2.86. The lowest BCUT2D eigenvalue weighted by atomic mass is 10.0. The summed E-state index contributed by atoms with van der Waals surface area (Å²) in [7, 11) is 1.82. The van der Waals surface area contributed by atoms with E-state index < -0.39 is 0 Å². The second kappa shape index (κ2) is 9.77. The minimum absolute atomic E-state index is 0.449. The summed E-state index contributed by atoms with van der Waals surface area (Å²) < 4.78 is 0. The highest BCUT2D eigenvalue weighted by atomic mass is 32.1. The molecular formula is C16H30N4S. The number of aromatic nitrogens is 1. The lowest BCUT2D eigenvalue weighted by Gasteiger charge is -2.18. The van der Waals surface area contributed by atoms with Crippen LogP contribution in [-0.4, -0.2) is 30.6 Å². The Balaban J connectivity index is 2.27. The predicted molar refractivity (Wildman–Crippen MR) is 93.2 cm³/mol. The van der Waals surface area contributed by atoms with E-state index in [-0.39, 0.29) is 0 Å². The second-order valence-electron chi connectivity index (χ2n) is 5.84. The quantitative estimate of drug-likeness (QED) is 0.572. The van der Waals surface area contributed by atoms with Gasteiger partial charge in [-0.25, -0.2) is 4.98 Å². The molecule has 120 valence electrons. The van der Waals surface area contributed by atoms with Crippen LogP contribution in [0.2, 0.25) is 0 Å². The molecule has 1 atom stereocenters. The molecule has 0 saturated heterocycles. The molecule has 0 aliphatic heterocycles. The summed E-state index contributed by atoms with van der Waals surface area (Å²) in [5.41, 5.74) is 0. The summed E-state index contributed by atoms with van der Waals surface area (Å²) in [4.78, 5) is 10.1. The summed E-state index contributed by atoms with van der Waals surface area (Å²) in [5, 5.41) is 8.01. The molecule has 0 fully saturated rings. The highest BCUT2D eigenvalue weighted by Crippen LogP contribution is 2.13. The number of nitrogens with one attached hydrogen (secondary N) is 2. The van der Waals surface area contributed by atoms with Gasteiger partial charge in [0.1, 0.15) is 0 Å². The van der Waals surface area contributed by atoms with E-state index in [2.05, 4.69) is 48.3 Å². The molecule has 1 heterocycles. The van der Waals surface area contributed by atoms with Crippen LogP contribution in [0.3, 0.4) is 0 Å². The first kappa shape index (κ1) is 18.0. The van der Waals surface area contributed by atoms with E-state index in [1.165, 1.54) is 22.7 Å².